The standard InChI is InChI=1S/C22H22N4O2/c27-22(17-6-2-1-3-7-17)24-18-10-11-21(23-16-18)25-19-8-4-5-9-20(19)26-12-14-28-15-13-26/h1-11,16H,12-15H2,(H,23,25)(H,24,27). The molecule has 6 nitrogen and oxygen atoms in total. The maximum absolute atomic E-state index is 12.2. The van der Waals surface area contributed by atoms with Gasteiger partial charge in [0.25, 0.3) is 5.91 Å². The van der Waals surface area contributed by atoms with Crippen molar-refractivity contribution in [3.63, 3.8) is 0 Å². The number of hydrogen-bond donors (Lipinski definition) is 2. The van der Waals surface area contributed by atoms with Crippen molar-refractivity contribution in [2.24, 2.45) is 0 Å². The Balaban J connectivity index is 1.44. The highest BCUT2D eigenvalue weighted by Gasteiger charge is 2.14. The largest absolute Gasteiger partial charge is 0.378 e. The number of benzene rings is 2. The molecule has 0 atom stereocenters. The highest BCUT2D eigenvalue weighted by atomic mass is 16.5. The number of ether oxygens (including phenoxy) is 1. The van der Waals surface area contributed by atoms with Crippen molar-refractivity contribution < 1.29 is 9.53 Å². The summed E-state index contributed by atoms with van der Waals surface area (Å²) in [6, 6.07) is 21.0. The van der Waals surface area contributed by atoms with Crippen LogP contribution in [-0.4, -0.2) is 37.2 Å². The highest BCUT2D eigenvalue weighted by molar-refractivity contribution is 6.04. The van der Waals surface area contributed by atoms with Crippen LogP contribution in [0.2, 0.25) is 0 Å². The molecule has 1 aromatic heterocycles. The van der Waals surface area contributed by atoms with E-state index in [2.05, 4.69) is 26.6 Å². The Hall–Kier alpha value is -3.38. The van der Waals surface area contributed by atoms with Crippen molar-refractivity contribution >= 4 is 28.8 Å². The fourth-order valence-corrected chi connectivity index (χ4v) is 3.13. The van der Waals surface area contributed by atoms with Gasteiger partial charge < -0.3 is 20.3 Å². The number of carbonyl (C=O) groups is 1. The number of amides is 1. The van der Waals surface area contributed by atoms with Gasteiger partial charge in [0.15, 0.2) is 0 Å². The van der Waals surface area contributed by atoms with Crippen LogP contribution >= 0.6 is 0 Å². The Morgan fingerprint density at radius 2 is 1.68 bits per heavy atom. The number of nitrogens with zero attached hydrogens (tertiary/aromatic N) is 2. The zero-order chi connectivity index (χ0) is 19.2. The van der Waals surface area contributed by atoms with E-state index in [1.54, 1.807) is 18.3 Å². The van der Waals surface area contributed by atoms with Gasteiger partial charge in [0.05, 0.1) is 36.5 Å². The van der Waals surface area contributed by atoms with Crippen LogP contribution in [0.5, 0.6) is 0 Å². The molecule has 142 valence electrons. The number of anilines is 4. The summed E-state index contributed by atoms with van der Waals surface area (Å²) in [5.41, 5.74) is 3.40. The maximum Gasteiger partial charge on any atom is 0.255 e. The van der Waals surface area contributed by atoms with E-state index in [4.69, 9.17) is 4.74 Å². The predicted molar refractivity (Wildman–Crippen MR) is 111 cm³/mol. The van der Waals surface area contributed by atoms with Gasteiger partial charge in [0.1, 0.15) is 5.82 Å². The molecule has 2 aromatic carbocycles. The first-order valence-corrected chi connectivity index (χ1v) is 9.31. The van der Waals surface area contributed by atoms with Crippen LogP contribution in [0.1, 0.15) is 10.4 Å². The summed E-state index contributed by atoms with van der Waals surface area (Å²) in [5, 5.41) is 6.24. The number of nitrogens with one attached hydrogen (secondary N) is 2. The molecule has 0 aliphatic carbocycles. The number of pyridine rings is 1. The molecule has 28 heavy (non-hydrogen) atoms. The summed E-state index contributed by atoms with van der Waals surface area (Å²) in [5.74, 6) is 0.569. The Kier molecular flexibility index (Phi) is 5.49. The summed E-state index contributed by atoms with van der Waals surface area (Å²) in [6.45, 7) is 3.22. The minimum Gasteiger partial charge on any atom is -0.378 e. The minimum absolute atomic E-state index is 0.152. The summed E-state index contributed by atoms with van der Waals surface area (Å²) in [6.07, 6.45) is 1.65. The fourth-order valence-electron chi connectivity index (χ4n) is 3.13. The average molecular weight is 374 g/mol. The fraction of sp³-hybridized carbons (Fsp3) is 0.182. The lowest BCUT2D eigenvalue weighted by atomic mass is 10.2. The van der Waals surface area contributed by atoms with Crippen LogP contribution in [0.3, 0.4) is 0 Å². The molecule has 1 aliphatic heterocycles. The third kappa shape index (κ3) is 4.29. The van der Waals surface area contributed by atoms with Gasteiger partial charge in [-0.25, -0.2) is 4.98 Å². The lowest BCUT2D eigenvalue weighted by molar-refractivity contribution is 0.102. The molecule has 0 spiro atoms. The molecule has 0 bridgehead atoms. The molecule has 1 amide bonds. The van der Waals surface area contributed by atoms with Crippen LogP contribution in [0.15, 0.2) is 72.9 Å². The monoisotopic (exact) mass is 374 g/mol. The summed E-state index contributed by atoms with van der Waals surface area (Å²) in [7, 11) is 0. The van der Waals surface area contributed by atoms with E-state index in [0.29, 0.717) is 11.3 Å². The maximum atomic E-state index is 12.2. The summed E-state index contributed by atoms with van der Waals surface area (Å²) >= 11 is 0. The van der Waals surface area contributed by atoms with Gasteiger partial charge >= 0.3 is 0 Å². The van der Waals surface area contributed by atoms with E-state index in [0.717, 1.165) is 43.5 Å². The third-order valence-electron chi connectivity index (χ3n) is 4.58. The Morgan fingerprint density at radius 1 is 0.929 bits per heavy atom. The molecule has 6 heteroatoms. The van der Waals surface area contributed by atoms with E-state index >= 15 is 0 Å². The molecule has 1 saturated heterocycles. The number of para-hydroxylation sites is 2. The molecule has 2 heterocycles. The Bertz CT molecular complexity index is 923. The van der Waals surface area contributed by atoms with E-state index in [9.17, 15) is 4.79 Å². The van der Waals surface area contributed by atoms with Gasteiger partial charge in [-0.2, -0.15) is 0 Å². The molecular formula is C22H22N4O2. The molecule has 1 fully saturated rings. The first kappa shape index (κ1) is 18.0. The zero-order valence-electron chi connectivity index (χ0n) is 15.5. The predicted octanol–water partition coefficient (Wildman–Crippen LogP) is 3.91. The lowest BCUT2D eigenvalue weighted by Crippen LogP contribution is -2.36. The number of hydrogen-bond acceptors (Lipinski definition) is 5. The second-order valence-electron chi connectivity index (χ2n) is 6.49. The Morgan fingerprint density at radius 3 is 2.43 bits per heavy atom. The molecule has 3 aromatic rings. The van der Waals surface area contributed by atoms with Crippen molar-refractivity contribution in [2.75, 3.05) is 41.8 Å². The van der Waals surface area contributed by atoms with Gasteiger partial charge in [-0.05, 0) is 36.4 Å². The molecule has 0 radical (unpaired) electrons. The molecular weight excluding hydrogens is 352 g/mol. The number of carbonyl (C=O) groups excluding carboxylic acids is 1. The van der Waals surface area contributed by atoms with Gasteiger partial charge in [-0.3, -0.25) is 4.79 Å². The molecule has 1 aliphatic rings. The van der Waals surface area contributed by atoms with Gasteiger partial charge in [-0.1, -0.05) is 30.3 Å². The Labute approximate surface area is 164 Å². The second kappa shape index (κ2) is 8.54. The van der Waals surface area contributed by atoms with E-state index in [1.165, 1.54) is 0 Å². The van der Waals surface area contributed by atoms with Gasteiger partial charge in [0, 0.05) is 18.7 Å². The summed E-state index contributed by atoms with van der Waals surface area (Å²) < 4.78 is 5.45. The second-order valence-corrected chi connectivity index (χ2v) is 6.49. The van der Waals surface area contributed by atoms with Crippen LogP contribution in [0, 0.1) is 0 Å². The van der Waals surface area contributed by atoms with Crippen molar-refractivity contribution in [2.45, 2.75) is 0 Å². The summed E-state index contributed by atoms with van der Waals surface area (Å²) in [4.78, 5) is 19.0. The average Bonchev–Trinajstić information content (AvgIpc) is 2.77. The first-order chi connectivity index (χ1) is 13.8. The zero-order valence-corrected chi connectivity index (χ0v) is 15.5. The van der Waals surface area contributed by atoms with Crippen LogP contribution in [-0.2, 0) is 4.74 Å². The van der Waals surface area contributed by atoms with Crippen LogP contribution in [0.25, 0.3) is 0 Å². The highest BCUT2D eigenvalue weighted by Crippen LogP contribution is 2.28. The SMILES string of the molecule is O=C(Nc1ccc(Nc2ccccc2N2CCOCC2)nc1)c1ccccc1. The molecule has 4 rings (SSSR count). The minimum atomic E-state index is -0.152. The van der Waals surface area contributed by atoms with Crippen molar-refractivity contribution in [1.29, 1.82) is 0 Å². The number of morpholine rings is 1. The van der Waals surface area contributed by atoms with Gasteiger partial charge in [-0.15, -0.1) is 0 Å². The van der Waals surface area contributed by atoms with Crippen molar-refractivity contribution in [3.05, 3.63) is 78.5 Å². The third-order valence-corrected chi connectivity index (χ3v) is 4.58. The quantitative estimate of drug-likeness (QED) is 0.709. The molecule has 2 N–H and O–H groups in total. The van der Waals surface area contributed by atoms with E-state index < -0.39 is 0 Å². The van der Waals surface area contributed by atoms with Crippen molar-refractivity contribution in [3.8, 4) is 0 Å². The van der Waals surface area contributed by atoms with Gasteiger partial charge in [0.2, 0.25) is 0 Å². The lowest BCUT2D eigenvalue weighted by Gasteiger charge is -2.30. The van der Waals surface area contributed by atoms with E-state index in [-0.39, 0.29) is 5.91 Å². The van der Waals surface area contributed by atoms with Crippen LogP contribution in [0.4, 0.5) is 22.9 Å². The van der Waals surface area contributed by atoms with Crippen molar-refractivity contribution in [1.82, 2.24) is 4.98 Å². The smallest absolute Gasteiger partial charge is 0.255 e. The first-order valence-electron chi connectivity index (χ1n) is 9.31. The molecule has 0 saturated carbocycles. The number of aromatic nitrogens is 1. The number of rotatable bonds is 5. The molecule has 0 unspecified atom stereocenters. The normalized spacial score (nSPS) is 13.8. The van der Waals surface area contributed by atoms with E-state index in [1.807, 2.05) is 48.5 Å². The van der Waals surface area contributed by atoms with Crippen LogP contribution < -0.4 is 15.5 Å². The topological polar surface area (TPSA) is 66.5 Å².